The van der Waals surface area contributed by atoms with Gasteiger partial charge in [-0.3, -0.25) is 0 Å². The van der Waals surface area contributed by atoms with Crippen LogP contribution in [-0.4, -0.2) is 45.9 Å². The summed E-state index contributed by atoms with van der Waals surface area (Å²) in [5, 5.41) is 6.37. The third kappa shape index (κ3) is 6.39. The van der Waals surface area contributed by atoms with Crippen molar-refractivity contribution < 1.29 is 8.42 Å². The molecule has 0 unspecified atom stereocenters. The molecule has 0 aliphatic carbocycles. The molecule has 0 spiro atoms. The number of sulfonamides is 1. The van der Waals surface area contributed by atoms with Gasteiger partial charge in [0.15, 0.2) is 5.96 Å². The highest BCUT2D eigenvalue weighted by Crippen LogP contribution is 2.24. The number of guanidine groups is 1. The number of hydrogen-bond acceptors (Lipinski definition) is 4. The zero-order valence-corrected chi connectivity index (χ0v) is 17.4. The highest BCUT2D eigenvalue weighted by atomic mass is 127. The lowest BCUT2D eigenvalue weighted by Crippen LogP contribution is -2.37. The molecular formula is C13H25IN4O2S2. The summed E-state index contributed by atoms with van der Waals surface area (Å²) in [5.74, 6) is 0.754. The fourth-order valence-corrected chi connectivity index (χ4v) is 3.95. The Morgan fingerprint density at radius 2 is 1.95 bits per heavy atom. The van der Waals surface area contributed by atoms with Gasteiger partial charge in [0.2, 0.25) is 0 Å². The van der Waals surface area contributed by atoms with Crippen LogP contribution in [0.25, 0.3) is 0 Å². The number of nitrogens with zero attached hydrogens (tertiary/aromatic N) is 2. The molecule has 0 aromatic carbocycles. The Balaban J connectivity index is 0.00000441. The number of halogens is 1. The zero-order valence-electron chi connectivity index (χ0n) is 13.4. The Morgan fingerprint density at radius 1 is 1.27 bits per heavy atom. The van der Waals surface area contributed by atoms with E-state index < -0.39 is 10.0 Å². The van der Waals surface area contributed by atoms with E-state index in [9.17, 15) is 8.42 Å². The van der Waals surface area contributed by atoms with Crippen molar-refractivity contribution >= 4 is 51.3 Å². The van der Waals surface area contributed by atoms with E-state index in [2.05, 4.69) is 22.5 Å². The van der Waals surface area contributed by atoms with E-state index in [1.54, 1.807) is 6.07 Å². The van der Waals surface area contributed by atoms with Gasteiger partial charge >= 0.3 is 0 Å². The molecule has 1 heterocycles. The second-order valence-corrected chi connectivity index (χ2v) is 8.18. The Bertz CT molecular complexity index is 570. The van der Waals surface area contributed by atoms with Crippen molar-refractivity contribution in [2.75, 3.05) is 27.2 Å². The van der Waals surface area contributed by atoms with E-state index in [0.29, 0.717) is 10.8 Å². The van der Waals surface area contributed by atoms with Gasteiger partial charge < -0.3 is 10.6 Å². The molecule has 1 aromatic rings. The molecule has 6 nitrogen and oxygen atoms in total. The van der Waals surface area contributed by atoms with Crippen LogP contribution < -0.4 is 10.6 Å². The second-order valence-electron chi connectivity index (χ2n) is 4.63. The Morgan fingerprint density at radius 3 is 2.50 bits per heavy atom. The standard InChI is InChI=1S/C13H24N4O2S2.HI/c1-5-9-15-13(14-6-2)16-10-11-7-8-12(20-11)21(18,19)17(3)4;/h7-8H,5-6,9-10H2,1-4H3,(H2,14,15,16);1H. The lowest BCUT2D eigenvalue weighted by Gasteiger charge is -2.09. The van der Waals surface area contributed by atoms with Crippen LogP contribution in [0.4, 0.5) is 0 Å². The smallest absolute Gasteiger partial charge is 0.252 e. The van der Waals surface area contributed by atoms with Gasteiger partial charge in [-0.25, -0.2) is 17.7 Å². The largest absolute Gasteiger partial charge is 0.357 e. The predicted molar refractivity (Wildman–Crippen MR) is 104 cm³/mol. The molecule has 0 aliphatic heterocycles. The van der Waals surface area contributed by atoms with Gasteiger partial charge in [-0.15, -0.1) is 35.3 Å². The van der Waals surface area contributed by atoms with Gasteiger partial charge in [0.25, 0.3) is 10.0 Å². The van der Waals surface area contributed by atoms with Crippen LogP contribution in [0.5, 0.6) is 0 Å². The van der Waals surface area contributed by atoms with Gasteiger partial charge in [0.05, 0.1) is 6.54 Å². The SMILES string of the molecule is CCCNC(=NCc1ccc(S(=O)(=O)N(C)C)s1)NCC.I. The van der Waals surface area contributed by atoms with Crippen LogP contribution >= 0.6 is 35.3 Å². The minimum atomic E-state index is -3.35. The van der Waals surface area contributed by atoms with E-state index in [1.807, 2.05) is 13.0 Å². The summed E-state index contributed by atoms with van der Waals surface area (Å²) in [7, 11) is -0.282. The van der Waals surface area contributed by atoms with E-state index in [1.165, 1.54) is 29.7 Å². The third-order valence-corrected chi connectivity index (χ3v) is 6.00. The molecule has 22 heavy (non-hydrogen) atoms. The topological polar surface area (TPSA) is 73.8 Å². The van der Waals surface area contributed by atoms with Crippen LogP contribution in [0.1, 0.15) is 25.1 Å². The molecule has 1 rings (SSSR count). The van der Waals surface area contributed by atoms with Gasteiger partial charge in [0.1, 0.15) is 4.21 Å². The maximum absolute atomic E-state index is 12.0. The molecule has 0 radical (unpaired) electrons. The zero-order chi connectivity index (χ0) is 15.9. The fourth-order valence-electron chi connectivity index (χ4n) is 1.50. The van der Waals surface area contributed by atoms with Crippen molar-refractivity contribution in [2.45, 2.75) is 31.0 Å². The molecule has 0 aliphatic rings. The first-order valence-corrected chi connectivity index (χ1v) is 9.20. The van der Waals surface area contributed by atoms with Gasteiger partial charge in [-0.05, 0) is 25.5 Å². The van der Waals surface area contributed by atoms with E-state index in [-0.39, 0.29) is 24.0 Å². The maximum atomic E-state index is 12.0. The van der Waals surface area contributed by atoms with Crippen molar-refractivity contribution in [1.29, 1.82) is 0 Å². The number of hydrogen-bond donors (Lipinski definition) is 2. The predicted octanol–water partition coefficient (Wildman–Crippen LogP) is 2.08. The molecule has 0 atom stereocenters. The fraction of sp³-hybridized carbons (Fsp3) is 0.615. The summed E-state index contributed by atoms with van der Waals surface area (Å²) in [4.78, 5) is 5.38. The van der Waals surface area contributed by atoms with Gasteiger partial charge in [0, 0.05) is 32.1 Å². The van der Waals surface area contributed by atoms with Crippen molar-refractivity contribution in [3.63, 3.8) is 0 Å². The van der Waals surface area contributed by atoms with Gasteiger partial charge in [-0.1, -0.05) is 6.92 Å². The summed E-state index contributed by atoms with van der Waals surface area (Å²) in [6.07, 6.45) is 1.02. The first-order valence-electron chi connectivity index (χ1n) is 6.95. The normalized spacial score (nSPS) is 12.1. The number of nitrogens with one attached hydrogen (secondary N) is 2. The second kappa shape index (κ2) is 10.4. The van der Waals surface area contributed by atoms with Crippen molar-refractivity contribution in [2.24, 2.45) is 4.99 Å². The van der Waals surface area contributed by atoms with E-state index >= 15 is 0 Å². The minimum Gasteiger partial charge on any atom is -0.357 e. The molecular weight excluding hydrogens is 435 g/mol. The minimum absolute atomic E-state index is 0. The van der Waals surface area contributed by atoms with Crippen LogP contribution in [0, 0.1) is 0 Å². The highest BCUT2D eigenvalue weighted by molar-refractivity contribution is 14.0. The van der Waals surface area contributed by atoms with Crippen LogP contribution in [0.3, 0.4) is 0 Å². The molecule has 2 N–H and O–H groups in total. The number of rotatable bonds is 7. The third-order valence-electron chi connectivity index (χ3n) is 2.65. The Labute approximate surface area is 154 Å². The van der Waals surface area contributed by atoms with E-state index in [4.69, 9.17) is 0 Å². The van der Waals surface area contributed by atoms with Crippen LogP contribution in [-0.2, 0) is 16.6 Å². The lowest BCUT2D eigenvalue weighted by molar-refractivity contribution is 0.523. The average Bonchev–Trinajstić information content (AvgIpc) is 2.91. The molecule has 0 saturated heterocycles. The molecule has 0 amide bonds. The highest BCUT2D eigenvalue weighted by Gasteiger charge is 2.19. The molecule has 9 heteroatoms. The molecule has 1 aromatic heterocycles. The van der Waals surface area contributed by atoms with E-state index in [0.717, 1.165) is 30.3 Å². The summed E-state index contributed by atoms with van der Waals surface area (Å²) >= 11 is 1.26. The summed E-state index contributed by atoms with van der Waals surface area (Å²) in [6, 6.07) is 3.45. The summed E-state index contributed by atoms with van der Waals surface area (Å²) in [6.45, 7) is 6.22. The maximum Gasteiger partial charge on any atom is 0.252 e. The monoisotopic (exact) mass is 460 g/mol. The molecule has 128 valence electrons. The lowest BCUT2D eigenvalue weighted by atomic mass is 10.4. The van der Waals surface area contributed by atoms with Crippen molar-refractivity contribution in [3.8, 4) is 0 Å². The average molecular weight is 460 g/mol. The quantitative estimate of drug-likeness (QED) is 0.371. The van der Waals surface area contributed by atoms with Crippen LogP contribution in [0.15, 0.2) is 21.3 Å². The van der Waals surface area contributed by atoms with Gasteiger partial charge in [-0.2, -0.15) is 0 Å². The first-order chi connectivity index (χ1) is 9.91. The summed E-state index contributed by atoms with van der Waals surface area (Å²) in [5.41, 5.74) is 0. The first kappa shape index (κ1) is 21.6. The Kier molecular flexibility index (Phi) is 10.2. The Hall–Kier alpha value is -0.390. The molecule has 0 saturated carbocycles. The van der Waals surface area contributed by atoms with Crippen molar-refractivity contribution in [1.82, 2.24) is 14.9 Å². The molecule has 0 fully saturated rings. The molecule has 0 bridgehead atoms. The summed E-state index contributed by atoms with van der Waals surface area (Å²) < 4.78 is 25.6. The number of aliphatic imine (C=N–C) groups is 1. The van der Waals surface area contributed by atoms with Crippen LogP contribution in [0.2, 0.25) is 0 Å². The van der Waals surface area contributed by atoms with Crippen molar-refractivity contribution in [3.05, 3.63) is 17.0 Å². The number of thiophene rings is 1.